The van der Waals surface area contributed by atoms with Gasteiger partial charge in [0.05, 0.1) is 5.01 Å². The molecule has 0 bridgehead atoms. The fraction of sp³-hybridized carbons (Fsp3) is 0.800. The molecule has 0 radical (unpaired) electrons. The first-order valence-corrected chi connectivity index (χ1v) is 7.91. The first-order valence-electron chi connectivity index (χ1n) is 7.10. The van der Waals surface area contributed by atoms with Crippen molar-refractivity contribution in [3.05, 3.63) is 16.1 Å². The molecule has 1 saturated carbocycles. The summed E-state index contributed by atoms with van der Waals surface area (Å²) < 4.78 is 0. The highest BCUT2D eigenvalue weighted by Crippen LogP contribution is 2.37. The maximum Gasteiger partial charge on any atom is 0.0897 e. The summed E-state index contributed by atoms with van der Waals surface area (Å²) in [6.07, 6.45) is 7.43. The van der Waals surface area contributed by atoms with E-state index in [0.29, 0.717) is 11.5 Å². The molecule has 102 valence electrons. The van der Waals surface area contributed by atoms with Gasteiger partial charge in [0.25, 0.3) is 0 Å². The average Bonchev–Trinajstić information content (AvgIpc) is 2.72. The SMILES string of the molecule is Cc1ncc(CNC2CCC(C(C)(C)C)CC2)s1. The summed E-state index contributed by atoms with van der Waals surface area (Å²) in [5, 5.41) is 4.86. The van der Waals surface area contributed by atoms with Gasteiger partial charge >= 0.3 is 0 Å². The van der Waals surface area contributed by atoms with Gasteiger partial charge in [0, 0.05) is 23.7 Å². The van der Waals surface area contributed by atoms with Crippen molar-refractivity contribution in [2.75, 3.05) is 0 Å². The number of aryl methyl sites for hydroxylation is 1. The van der Waals surface area contributed by atoms with Gasteiger partial charge < -0.3 is 5.32 Å². The molecule has 1 aromatic heterocycles. The molecule has 0 saturated heterocycles. The molecule has 0 amide bonds. The topological polar surface area (TPSA) is 24.9 Å². The zero-order valence-corrected chi connectivity index (χ0v) is 12.9. The molecule has 1 fully saturated rings. The van der Waals surface area contributed by atoms with E-state index in [1.165, 1.54) is 35.6 Å². The molecular weight excluding hydrogens is 240 g/mol. The van der Waals surface area contributed by atoms with E-state index in [9.17, 15) is 0 Å². The maximum absolute atomic E-state index is 4.30. The van der Waals surface area contributed by atoms with E-state index < -0.39 is 0 Å². The van der Waals surface area contributed by atoms with Crippen LogP contribution in [0.3, 0.4) is 0 Å². The minimum absolute atomic E-state index is 0.486. The molecule has 2 nitrogen and oxygen atoms in total. The van der Waals surface area contributed by atoms with Crippen molar-refractivity contribution in [2.24, 2.45) is 11.3 Å². The molecule has 3 heteroatoms. The molecule has 1 heterocycles. The van der Waals surface area contributed by atoms with Crippen LogP contribution in [0.1, 0.15) is 56.3 Å². The molecule has 18 heavy (non-hydrogen) atoms. The van der Waals surface area contributed by atoms with Gasteiger partial charge in [0.1, 0.15) is 0 Å². The Bertz CT molecular complexity index is 370. The number of aromatic nitrogens is 1. The van der Waals surface area contributed by atoms with Gasteiger partial charge in [-0.25, -0.2) is 4.98 Å². The summed E-state index contributed by atoms with van der Waals surface area (Å²) in [5.74, 6) is 0.904. The smallest absolute Gasteiger partial charge is 0.0897 e. The van der Waals surface area contributed by atoms with Crippen LogP contribution in [-0.4, -0.2) is 11.0 Å². The van der Waals surface area contributed by atoms with Crippen molar-refractivity contribution >= 4 is 11.3 Å². The molecule has 1 aliphatic rings. The largest absolute Gasteiger partial charge is 0.309 e. The first kappa shape index (κ1) is 14.0. The van der Waals surface area contributed by atoms with Crippen LogP contribution in [0.15, 0.2) is 6.20 Å². The van der Waals surface area contributed by atoms with E-state index in [1.54, 1.807) is 0 Å². The third-order valence-corrected chi connectivity index (χ3v) is 5.10. The fourth-order valence-electron chi connectivity index (χ4n) is 2.90. The molecule has 0 unspecified atom stereocenters. The molecular formula is C15H26N2S. The third kappa shape index (κ3) is 3.79. The van der Waals surface area contributed by atoms with Crippen molar-refractivity contribution in [1.82, 2.24) is 10.3 Å². The van der Waals surface area contributed by atoms with Crippen molar-refractivity contribution in [3.63, 3.8) is 0 Å². The van der Waals surface area contributed by atoms with E-state index in [0.717, 1.165) is 12.5 Å². The van der Waals surface area contributed by atoms with Gasteiger partial charge in [-0.05, 0) is 43.9 Å². The monoisotopic (exact) mass is 266 g/mol. The van der Waals surface area contributed by atoms with Crippen LogP contribution >= 0.6 is 11.3 Å². The lowest BCUT2D eigenvalue weighted by molar-refractivity contribution is 0.160. The Morgan fingerprint density at radius 3 is 2.44 bits per heavy atom. The Hall–Kier alpha value is -0.410. The van der Waals surface area contributed by atoms with E-state index in [4.69, 9.17) is 0 Å². The van der Waals surface area contributed by atoms with Crippen LogP contribution in [0.25, 0.3) is 0 Å². The lowest BCUT2D eigenvalue weighted by atomic mass is 9.71. The quantitative estimate of drug-likeness (QED) is 0.889. The Balaban J connectivity index is 1.74. The number of rotatable bonds is 3. The second-order valence-electron chi connectivity index (χ2n) is 6.64. The first-order chi connectivity index (χ1) is 8.45. The summed E-state index contributed by atoms with van der Waals surface area (Å²) in [5.41, 5.74) is 0.486. The minimum atomic E-state index is 0.486. The van der Waals surface area contributed by atoms with Crippen LogP contribution in [-0.2, 0) is 6.54 Å². The van der Waals surface area contributed by atoms with Gasteiger partial charge in [-0.1, -0.05) is 20.8 Å². The zero-order chi connectivity index (χ0) is 13.2. The fourth-order valence-corrected chi connectivity index (χ4v) is 3.64. The lowest BCUT2D eigenvalue weighted by Crippen LogP contribution is -2.35. The molecule has 0 atom stereocenters. The van der Waals surface area contributed by atoms with Crippen LogP contribution in [0, 0.1) is 18.3 Å². The van der Waals surface area contributed by atoms with Gasteiger partial charge in [0.15, 0.2) is 0 Å². The van der Waals surface area contributed by atoms with Crippen LogP contribution in [0.5, 0.6) is 0 Å². The Kier molecular flexibility index (Phi) is 4.44. The standard InChI is InChI=1S/C15H26N2S/c1-11-16-9-14(18-11)10-17-13-7-5-12(6-8-13)15(2,3)4/h9,12-13,17H,5-8,10H2,1-4H3. The van der Waals surface area contributed by atoms with Crippen molar-refractivity contribution in [1.29, 1.82) is 0 Å². The Morgan fingerprint density at radius 1 is 1.28 bits per heavy atom. The number of thiazole rings is 1. The molecule has 1 aliphatic carbocycles. The van der Waals surface area contributed by atoms with E-state index in [1.807, 2.05) is 17.5 Å². The molecule has 0 aromatic carbocycles. The van der Waals surface area contributed by atoms with Crippen molar-refractivity contribution in [2.45, 2.75) is 66.0 Å². The van der Waals surface area contributed by atoms with Gasteiger partial charge in [-0.15, -0.1) is 11.3 Å². The summed E-state index contributed by atoms with van der Waals surface area (Å²) in [4.78, 5) is 5.67. The second-order valence-corrected chi connectivity index (χ2v) is 7.96. The molecule has 0 aliphatic heterocycles. The molecule has 1 aromatic rings. The summed E-state index contributed by atoms with van der Waals surface area (Å²) in [7, 11) is 0. The molecule has 1 N–H and O–H groups in total. The highest BCUT2D eigenvalue weighted by Gasteiger charge is 2.29. The maximum atomic E-state index is 4.30. The van der Waals surface area contributed by atoms with Crippen LogP contribution in [0.2, 0.25) is 0 Å². The number of hydrogen-bond acceptors (Lipinski definition) is 3. The predicted octanol–water partition coefficient (Wildman–Crippen LogP) is 4.15. The Morgan fingerprint density at radius 2 is 1.94 bits per heavy atom. The predicted molar refractivity (Wildman–Crippen MR) is 78.9 cm³/mol. The van der Waals surface area contributed by atoms with Crippen LogP contribution < -0.4 is 5.32 Å². The summed E-state index contributed by atoms with van der Waals surface area (Å²) in [6, 6.07) is 0.714. The number of nitrogens with zero attached hydrogens (tertiary/aromatic N) is 1. The Labute approximate surface area is 115 Å². The highest BCUT2D eigenvalue weighted by atomic mass is 32.1. The average molecular weight is 266 g/mol. The number of nitrogens with one attached hydrogen (secondary N) is 1. The molecule has 2 rings (SSSR count). The van der Waals surface area contributed by atoms with Gasteiger partial charge in [0.2, 0.25) is 0 Å². The molecule has 0 spiro atoms. The van der Waals surface area contributed by atoms with E-state index in [-0.39, 0.29) is 0 Å². The third-order valence-electron chi connectivity index (χ3n) is 4.19. The zero-order valence-electron chi connectivity index (χ0n) is 12.1. The minimum Gasteiger partial charge on any atom is -0.309 e. The van der Waals surface area contributed by atoms with E-state index in [2.05, 4.69) is 38.0 Å². The van der Waals surface area contributed by atoms with Crippen molar-refractivity contribution in [3.8, 4) is 0 Å². The van der Waals surface area contributed by atoms with E-state index >= 15 is 0 Å². The summed E-state index contributed by atoms with van der Waals surface area (Å²) in [6.45, 7) is 10.2. The number of hydrogen-bond donors (Lipinski definition) is 1. The highest BCUT2D eigenvalue weighted by molar-refractivity contribution is 7.11. The second kappa shape index (κ2) is 5.70. The van der Waals surface area contributed by atoms with Gasteiger partial charge in [-0.2, -0.15) is 0 Å². The van der Waals surface area contributed by atoms with Gasteiger partial charge in [-0.3, -0.25) is 0 Å². The van der Waals surface area contributed by atoms with Crippen molar-refractivity contribution < 1.29 is 0 Å². The summed E-state index contributed by atoms with van der Waals surface area (Å²) >= 11 is 1.81. The lowest BCUT2D eigenvalue weighted by Gasteiger charge is -2.37. The normalized spacial score (nSPS) is 25.3. The van der Waals surface area contributed by atoms with Crippen LogP contribution in [0.4, 0.5) is 0 Å².